The molecule has 1 amide bonds. The van der Waals surface area contributed by atoms with Crippen LogP contribution in [0.3, 0.4) is 0 Å². The van der Waals surface area contributed by atoms with E-state index in [1.165, 1.54) is 11.3 Å². The van der Waals surface area contributed by atoms with E-state index in [4.69, 9.17) is 11.0 Å². The lowest BCUT2D eigenvalue weighted by atomic mass is 10.2. The lowest BCUT2D eigenvalue weighted by Crippen LogP contribution is -2.11. The van der Waals surface area contributed by atoms with Crippen LogP contribution >= 0.6 is 11.3 Å². The van der Waals surface area contributed by atoms with Crippen LogP contribution < -0.4 is 11.1 Å². The Morgan fingerprint density at radius 2 is 2.25 bits per heavy atom. The molecule has 0 spiro atoms. The molecule has 20 heavy (non-hydrogen) atoms. The summed E-state index contributed by atoms with van der Waals surface area (Å²) in [5.74, 6) is 0.00592. The number of rotatable bonds is 6. The van der Waals surface area contributed by atoms with Crippen molar-refractivity contribution in [2.24, 2.45) is 5.73 Å². The highest BCUT2D eigenvalue weighted by atomic mass is 32.1. The molecule has 2 aromatic rings. The second kappa shape index (κ2) is 6.98. The van der Waals surface area contributed by atoms with Gasteiger partial charge in [0.1, 0.15) is 6.07 Å². The summed E-state index contributed by atoms with van der Waals surface area (Å²) in [5.41, 5.74) is 6.94. The first kappa shape index (κ1) is 14.4. The lowest BCUT2D eigenvalue weighted by Gasteiger charge is -2.04. The Labute approximate surface area is 121 Å². The van der Waals surface area contributed by atoms with Crippen LogP contribution in [0.25, 0.3) is 10.2 Å². The lowest BCUT2D eigenvalue weighted by molar-refractivity contribution is -0.116. The molecule has 1 aromatic heterocycles. The number of hydrogen-bond acceptors (Lipinski definition) is 5. The molecule has 0 aliphatic rings. The van der Waals surface area contributed by atoms with Gasteiger partial charge in [-0.05, 0) is 37.6 Å². The molecule has 0 atom stereocenters. The van der Waals surface area contributed by atoms with Crippen LogP contribution in [0.2, 0.25) is 0 Å². The van der Waals surface area contributed by atoms with E-state index in [9.17, 15) is 4.79 Å². The zero-order chi connectivity index (χ0) is 14.4. The van der Waals surface area contributed by atoms with Crippen molar-refractivity contribution in [3.8, 4) is 6.07 Å². The summed E-state index contributed by atoms with van der Waals surface area (Å²) in [6.07, 6.45) is 3.29. The minimum atomic E-state index is 0.00592. The number of benzene rings is 1. The zero-order valence-corrected chi connectivity index (χ0v) is 11.9. The molecular weight excluding hydrogens is 272 g/mol. The minimum Gasteiger partial charge on any atom is -0.330 e. The number of amides is 1. The molecular formula is C14H16N4OS. The van der Waals surface area contributed by atoms with E-state index in [2.05, 4.69) is 10.3 Å². The predicted molar refractivity (Wildman–Crippen MR) is 80.5 cm³/mol. The Morgan fingerprint density at radius 3 is 3.00 bits per heavy atom. The maximum Gasteiger partial charge on any atom is 0.224 e. The highest BCUT2D eigenvalue weighted by Gasteiger charge is 2.06. The molecule has 2 rings (SSSR count). The second-order valence-electron chi connectivity index (χ2n) is 4.46. The Balaban J connectivity index is 1.95. The molecule has 0 bridgehead atoms. The third kappa shape index (κ3) is 3.76. The number of anilines is 1. The highest BCUT2D eigenvalue weighted by Crippen LogP contribution is 2.25. The number of thiazole rings is 1. The normalized spacial score (nSPS) is 10.4. The topological polar surface area (TPSA) is 91.8 Å². The number of fused-ring (bicyclic) bond motifs is 1. The van der Waals surface area contributed by atoms with Gasteiger partial charge in [0.25, 0.3) is 0 Å². The minimum absolute atomic E-state index is 0.00592. The molecule has 0 fully saturated rings. The molecule has 0 aliphatic carbocycles. The smallest absolute Gasteiger partial charge is 0.224 e. The quantitative estimate of drug-likeness (QED) is 0.799. The van der Waals surface area contributed by atoms with Crippen LogP contribution in [-0.2, 0) is 4.79 Å². The molecule has 0 radical (unpaired) electrons. The number of carbonyl (C=O) groups is 1. The second-order valence-corrected chi connectivity index (χ2v) is 5.49. The van der Waals surface area contributed by atoms with Crippen LogP contribution in [0.15, 0.2) is 18.2 Å². The Bertz CT molecular complexity index is 644. The van der Waals surface area contributed by atoms with E-state index in [0.29, 0.717) is 18.0 Å². The fourth-order valence-electron chi connectivity index (χ4n) is 1.88. The van der Waals surface area contributed by atoms with Gasteiger partial charge >= 0.3 is 0 Å². The summed E-state index contributed by atoms with van der Waals surface area (Å²) in [7, 11) is 0. The summed E-state index contributed by atoms with van der Waals surface area (Å²) in [5, 5.41) is 12.1. The van der Waals surface area contributed by atoms with Crippen LogP contribution in [0.4, 0.5) is 5.69 Å². The number of aromatic nitrogens is 1. The summed E-state index contributed by atoms with van der Waals surface area (Å²) in [6, 6.07) is 7.50. The molecule has 1 aromatic carbocycles. The molecule has 1 heterocycles. The van der Waals surface area contributed by atoms with Gasteiger partial charge in [-0.15, -0.1) is 11.3 Å². The van der Waals surface area contributed by atoms with Gasteiger partial charge in [0.15, 0.2) is 5.01 Å². The standard InChI is InChI=1S/C14H16N4OS/c15-7-3-1-2-4-13(19)17-10-5-6-11-12(8-10)20-14(9-16)18-11/h5-6,8H,1-4,7,15H2,(H,17,19). The Morgan fingerprint density at radius 1 is 1.40 bits per heavy atom. The number of nitrogens with one attached hydrogen (secondary N) is 1. The third-order valence-electron chi connectivity index (χ3n) is 2.88. The number of unbranched alkanes of at least 4 members (excludes halogenated alkanes) is 2. The van der Waals surface area contributed by atoms with Crippen molar-refractivity contribution in [3.05, 3.63) is 23.2 Å². The number of nitrogens with zero attached hydrogens (tertiary/aromatic N) is 2. The molecule has 0 saturated carbocycles. The molecule has 5 nitrogen and oxygen atoms in total. The summed E-state index contributed by atoms with van der Waals surface area (Å²) in [4.78, 5) is 15.9. The first-order chi connectivity index (χ1) is 9.72. The van der Waals surface area contributed by atoms with Crippen molar-refractivity contribution in [1.82, 2.24) is 4.98 Å². The van der Waals surface area contributed by atoms with Crippen molar-refractivity contribution in [2.45, 2.75) is 25.7 Å². The molecule has 0 aliphatic heterocycles. The number of nitriles is 1. The van der Waals surface area contributed by atoms with Crippen molar-refractivity contribution in [2.75, 3.05) is 11.9 Å². The number of nitrogens with two attached hydrogens (primary N) is 1. The summed E-state index contributed by atoms with van der Waals surface area (Å²) < 4.78 is 0.905. The predicted octanol–water partition coefficient (Wildman–Crippen LogP) is 2.63. The van der Waals surface area contributed by atoms with Crippen molar-refractivity contribution in [3.63, 3.8) is 0 Å². The average Bonchev–Trinajstić information content (AvgIpc) is 2.86. The van der Waals surface area contributed by atoms with Gasteiger partial charge in [0.05, 0.1) is 10.2 Å². The SMILES string of the molecule is N#Cc1nc2ccc(NC(=O)CCCCCN)cc2s1. The van der Waals surface area contributed by atoms with Crippen LogP contribution in [0.1, 0.15) is 30.7 Å². The fraction of sp³-hybridized carbons (Fsp3) is 0.357. The molecule has 104 valence electrons. The number of hydrogen-bond donors (Lipinski definition) is 2. The highest BCUT2D eigenvalue weighted by molar-refractivity contribution is 7.19. The fourth-order valence-corrected chi connectivity index (χ4v) is 2.68. The van der Waals surface area contributed by atoms with Crippen LogP contribution in [0, 0.1) is 11.3 Å². The largest absolute Gasteiger partial charge is 0.330 e. The van der Waals surface area contributed by atoms with E-state index < -0.39 is 0 Å². The van der Waals surface area contributed by atoms with Crippen LogP contribution in [0.5, 0.6) is 0 Å². The van der Waals surface area contributed by atoms with Gasteiger partial charge in [-0.25, -0.2) is 4.98 Å². The summed E-state index contributed by atoms with van der Waals surface area (Å²) >= 11 is 1.33. The van der Waals surface area contributed by atoms with E-state index in [0.717, 1.165) is 35.2 Å². The molecule has 3 N–H and O–H groups in total. The average molecular weight is 288 g/mol. The third-order valence-corrected chi connectivity index (χ3v) is 3.80. The zero-order valence-electron chi connectivity index (χ0n) is 11.1. The summed E-state index contributed by atoms with van der Waals surface area (Å²) in [6.45, 7) is 0.672. The van der Waals surface area contributed by atoms with E-state index in [-0.39, 0.29) is 5.91 Å². The maximum atomic E-state index is 11.8. The monoisotopic (exact) mass is 288 g/mol. The van der Waals surface area contributed by atoms with Gasteiger partial charge in [0.2, 0.25) is 5.91 Å². The molecule has 0 unspecified atom stereocenters. The van der Waals surface area contributed by atoms with E-state index in [1.54, 1.807) is 6.07 Å². The molecule has 0 saturated heterocycles. The van der Waals surface area contributed by atoms with E-state index >= 15 is 0 Å². The van der Waals surface area contributed by atoms with Crippen molar-refractivity contribution in [1.29, 1.82) is 5.26 Å². The van der Waals surface area contributed by atoms with Gasteiger partial charge in [-0.1, -0.05) is 6.42 Å². The van der Waals surface area contributed by atoms with Crippen molar-refractivity contribution < 1.29 is 4.79 Å². The Kier molecular flexibility index (Phi) is 5.04. The van der Waals surface area contributed by atoms with Gasteiger partial charge in [0, 0.05) is 12.1 Å². The van der Waals surface area contributed by atoms with E-state index in [1.807, 2.05) is 18.2 Å². The van der Waals surface area contributed by atoms with Gasteiger partial charge in [-0.2, -0.15) is 5.26 Å². The van der Waals surface area contributed by atoms with Gasteiger partial charge < -0.3 is 11.1 Å². The first-order valence-electron chi connectivity index (χ1n) is 6.53. The number of carbonyl (C=O) groups excluding carboxylic acids is 1. The molecule has 6 heteroatoms. The Hall–Kier alpha value is -1.97. The first-order valence-corrected chi connectivity index (χ1v) is 7.35. The van der Waals surface area contributed by atoms with Crippen molar-refractivity contribution >= 4 is 33.1 Å². The van der Waals surface area contributed by atoms with Gasteiger partial charge in [-0.3, -0.25) is 4.79 Å². The van der Waals surface area contributed by atoms with Crippen LogP contribution in [-0.4, -0.2) is 17.4 Å². The maximum absolute atomic E-state index is 11.8.